The molecule has 0 aromatic rings. The lowest BCUT2D eigenvalue weighted by atomic mass is 10.2. The topological polar surface area (TPSA) is 113 Å². The molecule has 1 atom stereocenters. The molecule has 0 bridgehead atoms. The minimum Gasteiger partial charge on any atom is -0.378 e. The molecular formula is C8H8N6O2S2. The van der Waals surface area contributed by atoms with Crippen LogP contribution >= 0.6 is 23.5 Å². The molecule has 0 aromatic carbocycles. The van der Waals surface area contributed by atoms with Crippen LogP contribution in [0.4, 0.5) is 0 Å². The van der Waals surface area contributed by atoms with Gasteiger partial charge in [0.15, 0.2) is 5.17 Å². The number of amides is 2. The van der Waals surface area contributed by atoms with Crippen molar-refractivity contribution < 1.29 is 9.59 Å². The Morgan fingerprint density at radius 1 is 1.44 bits per heavy atom. The minimum absolute atomic E-state index is 0.0766. The van der Waals surface area contributed by atoms with Crippen LogP contribution in [-0.2, 0) is 9.59 Å². The fourth-order valence-electron chi connectivity index (χ4n) is 1.59. The van der Waals surface area contributed by atoms with Gasteiger partial charge in [-0.1, -0.05) is 23.5 Å². The van der Waals surface area contributed by atoms with Crippen LogP contribution in [0.15, 0.2) is 15.2 Å². The van der Waals surface area contributed by atoms with Crippen LogP contribution in [0.25, 0.3) is 0 Å². The largest absolute Gasteiger partial charge is 0.378 e. The molecule has 1 unspecified atom stereocenters. The van der Waals surface area contributed by atoms with Gasteiger partial charge in [0, 0.05) is 6.42 Å². The number of nitrogens with two attached hydrogens (primary N) is 1. The van der Waals surface area contributed by atoms with E-state index >= 15 is 0 Å². The van der Waals surface area contributed by atoms with Gasteiger partial charge in [-0.3, -0.25) is 15.0 Å². The maximum Gasteiger partial charge on any atom is 0.262 e. The van der Waals surface area contributed by atoms with Gasteiger partial charge in [0.05, 0.1) is 5.75 Å². The normalized spacial score (nSPS) is 26.6. The highest BCUT2D eigenvalue weighted by Gasteiger charge is 2.34. The van der Waals surface area contributed by atoms with E-state index in [1.807, 2.05) is 0 Å². The molecule has 8 nitrogen and oxygen atoms in total. The van der Waals surface area contributed by atoms with E-state index in [1.54, 1.807) is 0 Å². The number of nitrogens with one attached hydrogen (secondary N) is 1. The third-order valence-corrected chi connectivity index (χ3v) is 4.30. The van der Waals surface area contributed by atoms with Crippen LogP contribution in [-0.4, -0.2) is 44.0 Å². The molecule has 0 spiro atoms. The zero-order valence-electron chi connectivity index (χ0n) is 8.99. The highest BCUT2D eigenvalue weighted by Crippen LogP contribution is 2.25. The van der Waals surface area contributed by atoms with E-state index in [2.05, 4.69) is 20.6 Å². The summed E-state index contributed by atoms with van der Waals surface area (Å²) in [6.07, 6.45) is 0.318. The first kappa shape index (κ1) is 11.5. The number of hydrogen-bond acceptors (Lipinski definition) is 8. The second kappa shape index (κ2) is 4.28. The van der Waals surface area contributed by atoms with Gasteiger partial charge in [0.25, 0.3) is 11.8 Å². The van der Waals surface area contributed by atoms with Gasteiger partial charge in [-0.05, 0) is 0 Å². The van der Waals surface area contributed by atoms with Crippen molar-refractivity contribution in [2.45, 2.75) is 11.7 Å². The van der Waals surface area contributed by atoms with Crippen molar-refractivity contribution in [1.82, 2.24) is 10.4 Å². The number of carbonyl (C=O) groups is 2. The van der Waals surface area contributed by atoms with Crippen molar-refractivity contribution in [3.63, 3.8) is 0 Å². The summed E-state index contributed by atoms with van der Waals surface area (Å²) in [6.45, 7) is 0. The third kappa shape index (κ3) is 1.97. The number of nitrogens with zero attached hydrogens (tertiary/aromatic N) is 4. The van der Waals surface area contributed by atoms with E-state index in [1.165, 1.54) is 28.5 Å². The molecule has 94 valence electrons. The third-order valence-electron chi connectivity index (χ3n) is 2.40. The standard InChI is InChI=1S/C8H8N6O2S2/c9-7-10-6(16)3(18-7)1-4-11-12-8-14(13-4)5(15)2-17-8/h3H,1-2H2,(H,11,13)(H2,9,10,16). The second-order valence-electron chi connectivity index (χ2n) is 3.66. The number of aliphatic imine (C=N–C) groups is 1. The van der Waals surface area contributed by atoms with E-state index in [4.69, 9.17) is 5.73 Å². The summed E-state index contributed by atoms with van der Waals surface area (Å²) in [5, 5.41) is 9.63. The molecule has 0 saturated carbocycles. The van der Waals surface area contributed by atoms with Crippen LogP contribution in [0.5, 0.6) is 0 Å². The molecule has 1 fully saturated rings. The summed E-state index contributed by atoms with van der Waals surface area (Å²) in [6, 6.07) is 0. The number of carbonyl (C=O) groups excluding carboxylic acids is 2. The minimum atomic E-state index is -0.390. The molecule has 18 heavy (non-hydrogen) atoms. The fourth-order valence-corrected chi connectivity index (χ4v) is 3.18. The van der Waals surface area contributed by atoms with Gasteiger partial charge in [-0.2, -0.15) is 10.0 Å². The SMILES string of the molecule is NC1=NC(=O)C(CC2=NN=C3SCC(=O)N3N2)S1. The summed E-state index contributed by atoms with van der Waals surface area (Å²) in [4.78, 5) is 26.6. The van der Waals surface area contributed by atoms with Crippen LogP contribution in [0, 0.1) is 0 Å². The fraction of sp³-hybridized carbons (Fsp3) is 0.375. The maximum absolute atomic E-state index is 11.5. The predicted molar refractivity (Wildman–Crippen MR) is 69.9 cm³/mol. The molecule has 3 aliphatic rings. The van der Waals surface area contributed by atoms with E-state index in [0.717, 1.165) is 0 Å². The van der Waals surface area contributed by atoms with E-state index in [0.29, 0.717) is 23.2 Å². The number of hydrazine groups is 1. The lowest BCUT2D eigenvalue weighted by Crippen LogP contribution is -2.48. The van der Waals surface area contributed by atoms with E-state index < -0.39 is 5.25 Å². The lowest BCUT2D eigenvalue weighted by molar-refractivity contribution is -0.125. The first-order valence-electron chi connectivity index (χ1n) is 5.05. The Bertz CT molecular complexity index is 528. The van der Waals surface area contributed by atoms with Gasteiger partial charge >= 0.3 is 0 Å². The van der Waals surface area contributed by atoms with Crippen LogP contribution in [0.3, 0.4) is 0 Å². The second-order valence-corrected chi connectivity index (χ2v) is 5.82. The van der Waals surface area contributed by atoms with Crippen molar-refractivity contribution in [1.29, 1.82) is 0 Å². The average molecular weight is 284 g/mol. The Morgan fingerprint density at radius 2 is 2.28 bits per heavy atom. The lowest BCUT2D eigenvalue weighted by Gasteiger charge is -2.22. The van der Waals surface area contributed by atoms with Crippen LogP contribution in [0.1, 0.15) is 6.42 Å². The number of amidine groups is 3. The highest BCUT2D eigenvalue weighted by molar-refractivity contribution is 8.15. The van der Waals surface area contributed by atoms with Crippen molar-refractivity contribution in [3.8, 4) is 0 Å². The first-order valence-corrected chi connectivity index (χ1v) is 6.91. The molecule has 2 amide bonds. The molecule has 3 aliphatic heterocycles. The summed E-state index contributed by atoms with van der Waals surface area (Å²) in [5.41, 5.74) is 8.32. The zero-order valence-corrected chi connectivity index (χ0v) is 10.6. The van der Waals surface area contributed by atoms with Crippen molar-refractivity contribution >= 4 is 51.5 Å². The zero-order chi connectivity index (χ0) is 12.7. The Labute approximate surface area is 110 Å². The molecule has 3 rings (SSSR count). The Hall–Kier alpha value is -1.55. The molecule has 10 heteroatoms. The highest BCUT2D eigenvalue weighted by atomic mass is 32.2. The maximum atomic E-state index is 11.5. The predicted octanol–water partition coefficient (Wildman–Crippen LogP) is -0.904. The van der Waals surface area contributed by atoms with Gasteiger partial charge in [-0.15, -0.1) is 10.2 Å². The number of rotatable bonds is 2. The summed E-state index contributed by atoms with van der Waals surface area (Å²) < 4.78 is 0. The Kier molecular flexibility index (Phi) is 2.74. The molecule has 0 radical (unpaired) electrons. The van der Waals surface area contributed by atoms with E-state index in [9.17, 15) is 9.59 Å². The van der Waals surface area contributed by atoms with Gasteiger partial charge in [-0.25, -0.2) is 0 Å². The molecule has 3 N–H and O–H groups in total. The van der Waals surface area contributed by atoms with Crippen molar-refractivity contribution in [3.05, 3.63) is 0 Å². The number of thioether (sulfide) groups is 2. The average Bonchev–Trinajstić information content (AvgIpc) is 2.84. The first-order chi connectivity index (χ1) is 8.63. The smallest absolute Gasteiger partial charge is 0.262 e. The molecule has 0 aliphatic carbocycles. The Morgan fingerprint density at radius 3 is 3.00 bits per heavy atom. The molecule has 3 heterocycles. The van der Waals surface area contributed by atoms with E-state index in [-0.39, 0.29) is 17.0 Å². The van der Waals surface area contributed by atoms with Gasteiger partial charge < -0.3 is 5.73 Å². The molecule has 1 saturated heterocycles. The molecular weight excluding hydrogens is 276 g/mol. The summed E-state index contributed by atoms with van der Waals surface area (Å²) in [5.74, 6) is 0.457. The summed E-state index contributed by atoms with van der Waals surface area (Å²) >= 11 is 2.52. The van der Waals surface area contributed by atoms with Gasteiger partial charge in [0.2, 0.25) is 5.17 Å². The number of fused-ring (bicyclic) bond motifs is 1. The molecule has 0 aromatic heterocycles. The Balaban J connectivity index is 1.69. The number of hydrogen-bond donors (Lipinski definition) is 2. The van der Waals surface area contributed by atoms with Crippen molar-refractivity contribution in [2.75, 3.05) is 5.75 Å². The van der Waals surface area contributed by atoms with Gasteiger partial charge in [0.1, 0.15) is 11.1 Å². The summed E-state index contributed by atoms with van der Waals surface area (Å²) in [7, 11) is 0. The van der Waals surface area contributed by atoms with Crippen LogP contribution < -0.4 is 11.2 Å². The quantitative estimate of drug-likeness (QED) is 0.679. The van der Waals surface area contributed by atoms with Crippen LogP contribution in [0.2, 0.25) is 0 Å². The van der Waals surface area contributed by atoms with Crippen molar-refractivity contribution in [2.24, 2.45) is 20.9 Å². The monoisotopic (exact) mass is 284 g/mol.